The van der Waals surface area contributed by atoms with E-state index in [-0.39, 0.29) is 0 Å². The van der Waals surface area contributed by atoms with Crippen LogP contribution in [0.4, 0.5) is 0 Å². The molecular formula is C12H22N4S. The Morgan fingerprint density at radius 1 is 1.41 bits per heavy atom. The minimum atomic E-state index is 0.382. The highest BCUT2D eigenvalue weighted by Crippen LogP contribution is 2.16. The van der Waals surface area contributed by atoms with Crippen molar-refractivity contribution >= 4 is 17.3 Å². The Hall–Kier alpha value is -1.10. The first-order valence-corrected chi connectivity index (χ1v) is 6.82. The summed E-state index contributed by atoms with van der Waals surface area (Å²) in [5.41, 5.74) is 1.11. The third-order valence-corrected chi connectivity index (χ3v) is 3.27. The molecule has 0 spiro atoms. The minimum absolute atomic E-state index is 0.382. The van der Waals surface area contributed by atoms with Crippen LogP contribution in [-0.4, -0.2) is 23.5 Å². The number of guanidine groups is 1. The van der Waals surface area contributed by atoms with Crippen LogP contribution < -0.4 is 10.6 Å². The minimum Gasteiger partial charge on any atom is -0.357 e. The van der Waals surface area contributed by atoms with Gasteiger partial charge in [-0.05, 0) is 34.6 Å². The Morgan fingerprint density at radius 2 is 2.12 bits per heavy atom. The lowest BCUT2D eigenvalue weighted by atomic mass is 10.4. The molecule has 0 saturated heterocycles. The Bertz CT molecular complexity index is 362. The molecule has 0 saturated carbocycles. The van der Waals surface area contributed by atoms with Gasteiger partial charge in [0.05, 0.1) is 12.2 Å². The van der Waals surface area contributed by atoms with Gasteiger partial charge in [0.1, 0.15) is 5.01 Å². The Balaban J connectivity index is 2.64. The maximum atomic E-state index is 4.52. The van der Waals surface area contributed by atoms with Crippen molar-refractivity contribution in [2.45, 2.75) is 47.2 Å². The average molecular weight is 254 g/mol. The van der Waals surface area contributed by atoms with Crippen molar-refractivity contribution in [2.75, 3.05) is 6.54 Å². The molecule has 0 aromatic carbocycles. The molecule has 0 aliphatic rings. The summed E-state index contributed by atoms with van der Waals surface area (Å²) in [6.45, 7) is 11.9. The zero-order valence-corrected chi connectivity index (χ0v) is 12.1. The molecule has 1 heterocycles. The predicted octanol–water partition coefficient (Wildman–Crippen LogP) is 2.22. The summed E-state index contributed by atoms with van der Waals surface area (Å²) in [5.74, 6) is 0.855. The highest BCUT2D eigenvalue weighted by Gasteiger charge is 2.04. The summed E-state index contributed by atoms with van der Waals surface area (Å²) in [6, 6.07) is 0.382. The third-order valence-electron chi connectivity index (χ3n) is 2.21. The van der Waals surface area contributed by atoms with E-state index in [9.17, 15) is 0 Å². The van der Waals surface area contributed by atoms with Gasteiger partial charge in [-0.1, -0.05) is 0 Å². The quantitative estimate of drug-likeness (QED) is 0.640. The molecule has 0 aliphatic heterocycles. The van der Waals surface area contributed by atoms with Gasteiger partial charge in [-0.3, -0.25) is 0 Å². The fraction of sp³-hybridized carbons (Fsp3) is 0.667. The van der Waals surface area contributed by atoms with Gasteiger partial charge in [0, 0.05) is 17.5 Å². The van der Waals surface area contributed by atoms with Gasteiger partial charge in [-0.2, -0.15) is 0 Å². The lowest BCUT2D eigenvalue weighted by molar-refractivity contribution is 0.700. The third kappa shape index (κ3) is 4.73. The van der Waals surface area contributed by atoms with Gasteiger partial charge in [0.2, 0.25) is 0 Å². The molecule has 0 aliphatic carbocycles. The molecule has 0 atom stereocenters. The molecule has 5 heteroatoms. The first-order valence-electron chi connectivity index (χ1n) is 6.00. The summed E-state index contributed by atoms with van der Waals surface area (Å²) in [6.07, 6.45) is 0. The largest absolute Gasteiger partial charge is 0.357 e. The number of hydrogen-bond donors (Lipinski definition) is 2. The van der Waals surface area contributed by atoms with Gasteiger partial charge in [-0.25, -0.2) is 9.98 Å². The highest BCUT2D eigenvalue weighted by atomic mass is 32.1. The van der Waals surface area contributed by atoms with Gasteiger partial charge >= 0.3 is 0 Å². The topological polar surface area (TPSA) is 49.3 Å². The van der Waals surface area contributed by atoms with Gasteiger partial charge in [-0.15, -0.1) is 11.3 Å². The fourth-order valence-corrected chi connectivity index (χ4v) is 2.21. The van der Waals surface area contributed by atoms with Crippen molar-refractivity contribution in [1.29, 1.82) is 0 Å². The molecular weight excluding hydrogens is 232 g/mol. The van der Waals surface area contributed by atoms with Crippen molar-refractivity contribution in [3.05, 3.63) is 15.6 Å². The van der Waals surface area contributed by atoms with E-state index in [1.165, 1.54) is 4.88 Å². The van der Waals surface area contributed by atoms with Crippen LogP contribution in [0, 0.1) is 13.8 Å². The normalized spacial score (nSPS) is 12.0. The van der Waals surface area contributed by atoms with Crippen LogP contribution in [0.25, 0.3) is 0 Å². The zero-order valence-electron chi connectivity index (χ0n) is 11.3. The zero-order chi connectivity index (χ0) is 12.8. The highest BCUT2D eigenvalue weighted by molar-refractivity contribution is 7.11. The monoisotopic (exact) mass is 254 g/mol. The molecule has 1 rings (SSSR count). The molecule has 0 unspecified atom stereocenters. The predicted molar refractivity (Wildman–Crippen MR) is 74.7 cm³/mol. The molecule has 1 aromatic heterocycles. The lowest BCUT2D eigenvalue weighted by Gasteiger charge is -2.13. The number of aromatic nitrogens is 1. The lowest BCUT2D eigenvalue weighted by Crippen LogP contribution is -2.40. The second-order valence-electron chi connectivity index (χ2n) is 4.24. The smallest absolute Gasteiger partial charge is 0.191 e. The molecule has 96 valence electrons. The van der Waals surface area contributed by atoms with E-state index in [1.54, 1.807) is 11.3 Å². The van der Waals surface area contributed by atoms with Crippen LogP contribution in [0.1, 0.15) is 36.3 Å². The second-order valence-corrected chi connectivity index (χ2v) is 5.53. The molecule has 0 amide bonds. The number of aryl methyl sites for hydroxylation is 2. The molecule has 0 radical (unpaired) electrons. The van der Waals surface area contributed by atoms with Crippen LogP contribution in [0.15, 0.2) is 4.99 Å². The number of aliphatic imine (C=N–C) groups is 1. The molecule has 17 heavy (non-hydrogen) atoms. The summed E-state index contributed by atoms with van der Waals surface area (Å²) >= 11 is 1.72. The Morgan fingerprint density at radius 3 is 2.59 bits per heavy atom. The van der Waals surface area contributed by atoms with E-state index >= 15 is 0 Å². The number of nitrogens with one attached hydrogen (secondary N) is 2. The molecule has 4 nitrogen and oxygen atoms in total. The summed E-state index contributed by atoms with van der Waals surface area (Å²) in [7, 11) is 0. The van der Waals surface area contributed by atoms with Crippen LogP contribution in [0.5, 0.6) is 0 Å². The van der Waals surface area contributed by atoms with Crippen molar-refractivity contribution in [2.24, 2.45) is 4.99 Å². The first kappa shape index (κ1) is 14.0. The molecule has 0 bridgehead atoms. The Kier molecular flexibility index (Phi) is 5.41. The summed E-state index contributed by atoms with van der Waals surface area (Å²) < 4.78 is 0. The number of rotatable bonds is 4. The molecule has 2 N–H and O–H groups in total. The van der Waals surface area contributed by atoms with Crippen LogP contribution >= 0.6 is 11.3 Å². The van der Waals surface area contributed by atoms with Crippen LogP contribution in [0.2, 0.25) is 0 Å². The SMILES string of the molecule is CCNC(=NCc1nc(C)c(C)s1)NC(C)C. The first-order chi connectivity index (χ1) is 8.02. The van der Waals surface area contributed by atoms with Gasteiger partial charge in [0.25, 0.3) is 0 Å². The van der Waals surface area contributed by atoms with Crippen LogP contribution in [-0.2, 0) is 6.54 Å². The van der Waals surface area contributed by atoms with Crippen molar-refractivity contribution < 1.29 is 0 Å². The van der Waals surface area contributed by atoms with Crippen molar-refractivity contribution in [3.8, 4) is 0 Å². The van der Waals surface area contributed by atoms with Gasteiger partial charge in [0.15, 0.2) is 5.96 Å². The summed E-state index contributed by atoms with van der Waals surface area (Å²) in [5, 5.41) is 7.58. The maximum absolute atomic E-state index is 4.52. The van der Waals surface area contributed by atoms with E-state index < -0.39 is 0 Å². The number of nitrogens with zero attached hydrogens (tertiary/aromatic N) is 2. The van der Waals surface area contributed by atoms with Crippen molar-refractivity contribution in [1.82, 2.24) is 15.6 Å². The van der Waals surface area contributed by atoms with Crippen LogP contribution in [0.3, 0.4) is 0 Å². The second kappa shape index (κ2) is 6.59. The van der Waals surface area contributed by atoms with Gasteiger partial charge < -0.3 is 10.6 Å². The van der Waals surface area contributed by atoms with E-state index in [1.807, 2.05) is 6.92 Å². The standard InChI is InChI=1S/C12H22N4S/c1-6-13-12(15-8(2)3)14-7-11-16-9(4)10(5)17-11/h8H,6-7H2,1-5H3,(H2,13,14,15). The molecule has 1 aromatic rings. The molecule has 0 fully saturated rings. The average Bonchev–Trinajstić information content (AvgIpc) is 2.55. The van der Waals surface area contributed by atoms with E-state index in [0.717, 1.165) is 23.2 Å². The Labute approximate surface area is 108 Å². The van der Waals surface area contributed by atoms with E-state index in [0.29, 0.717) is 12.6 Å². The van der Waals surface area contributed by atoms with E-state index in [2.05, 4.69) is 48.3 Å². The number of thiazole rings is 1. The fourth-order valence-electron chi connectivity index (χ4n) is 1.35. The summed E-state index contributed by atoms with van der Waals surface area (Å²) in [4.78, 5) is 10.3. The number of hydrogen-bond acceptors (Lipinski definition) is 3. The van der Waals surface area contributed by atoms with E-state index in [4.69, 9.17) is 0 Å². The van der Waals surface area contributed by atoms with Crippen molar-refractivity contribution in [3.63, 3.8) is 0 Å². The maximum Gasteiger partial charge on any atom is 0.191 e.